The Kier molecular flexibility index (Phi) is 5.37. The Labute approximate surface area is 149 Å². The smallest absolute Gasteiger partial charge is 0.293 e. The van der Waals surface area contributed by atoms with Crippen LogP contribution in [0.1, 0.15) is 18.5 Å². The predicted molar refractivity (Wildman–Crippen MR) is 94.7 cm³/mol. The molecule has 1 N–H and O–H groups in total. The number of sulfone groups is 1. The average Bonchev–Trinajstić information content (AvgIpc) is 2.45. The van der Waals surface area contributed by atoms with Crippen molar-refractivity contribution in [3.8, 4) is 0 Å². The van der Waals surface area contributed by atoms with Gasteiger partial charge in [0.25, 0.3) is 5.69 Å². The third kappa shape index (κ3) is 4.17. The fourth-order valence-corrected chi connectivity index (χ4v) is 3.39. The summed E-state index contributed by atoms with van der Waals surface area (Å²) in [6, 6.07) is 8.35. The van der Waals surface area contributed by atoms with E-state index >= 15 is 0 Å². The predicted octanol–water partition coefficient (Wildman–Crippen LogP) is 4.48. The summed E-state index contributed by atoms with van der Waals surface area (Å²) in [6.45, 7) is 1.78. The van der Waals surface area contributed by atoms with E-state index in [1.54, 1.807) is 25.1 Å². The number of nitro groups is 1. The third-order valence-electron chi connectivity index (χ3n) is 3.40. The van der Waals surface area contributed by atoms with Crippen molar-refractivity contribution in [2.75, 3.05) is 11.6 Å². The van der Waals surface area contributed by atoms with E-state index in [4.69, 9.17) is 23.2 Å². The molecular formula is C15H14Cl2N2O4S. The molecule has 0 saturated heterocycles. The van der Waals surface area contributed by atoms with Crippen molar-refractivity contribution >= 4 is 44.4 Å². The van der Waals surface area contributed by atoms with Crippen molar-refractivity contribution in [1.82, 2.24) is 0 Å². The number of halogens is 2. The van der Waals surface area contributed by atoms with Crippen molar-refractivity contribution in [2.45, 2.75) is 17.9 Å². The Morgan fingerprint density at radius 2 is 1.83 bits per heavy atom. The zero-order valence-electron chi connectivity index (χ0n) is 12.8. The summed E-state index contributed by atoms with van der Waals surface area (Å²) in [4.78, 5) is 10.5. The molecule has 0 saturated carbocycles. The first-order valence-corrected chi connectivity index (χ1v) is 9.44. The second-order valence-corrected chi connectivity index (χ2v) is 8.10. The van der Waals surface area contributed by atoms with Gasteiger partial charge < -0.3 is 5.32 Å². The molecule has 0 aromatic heterocycles. The third-order valence-corrected chi connectivity index (χ3v) is 5.07. The van der Waals surface area contributed by atoms with Gasteiger partial charge in [-0.3, -0.25) is 10.1 Å². The van der Waals surface area contributed by atoms with E-state index in [0.29, 0.717) is 15.6 Å². The molecule has 1 atom stereocenters. The maximum atomic E-state index is 11.6. The number of nitro benzene ring substituents is 1. The largest absolute Gasteiger partial charge is 0.373 e. The van der Waals surface area contributed by atoms with Gasteiger partial charge in [0.2, 0.25) is 0 Å². The van der Waals surface area contributed by atoms with Gasteiger partial charge in [0.15, 0.2) is 9.84 Å². The fourth-order valence-electron chi connectivity index (χ4n) is 2.18. The van der Waals surface area contributed by atoms with E-state index in [-0.39, 0.29) is 22.3 Å². The molecule has 0 radical (unpaired) electrons. The SMILES string of the molecule is C[C@@H](Nc1ccc(S(C)(=O)=O)cc1[N+](=O)[O-])c1ccc(Cl)cc1Cl. The number of hydrogen-bond acceptors (Lipinski definition) is 5. The van der Waals surface area contributed by atoms with Gasteiger partial charge in [0.1, 0.15) is 5.69 Å². The Bertz CT molecular complexity index is 900. The van der Waals surface area contributed by atoms with Crippen molar-refractivity contribution in [3.63, 3.8) is 0 Å². The summed E-state index contributed by atoms with van der Waals surface area (Å²) in [5, 5.41) is 15.2. The Balaban J connectivity index is 2.40. The number of rotatable bonds is 5. The molecule has 24 heavy (non-hydrogen) atoms. The normalized spacial score (nSPS) is 12.7. The molecule has 0 unspecified atom stereocenters. The molecule has 6 nitrogen and oxygen atoms in total. The molecule has 0 aliphatic heterocycles. The summed E-state index contributed by atoms with van der Waals surface area (Å²) in [5.41, 5.74) is 0.586. The quantitative estimate of drug-likeness (QED) is 0.602. The van der Waals surface area contributed by atoms with Gasteiger partial charge in [-0.05, 0) is 36.8 Å². The summed E-state index contributed by atoms with van der Waals surface area (Å²) < 4.78 is 23.1. The van der Waals surface area contributed by atoms with E-state index in [0.717, 1.165) is 12.3 Å². The van der Waals surface area contributed by atoms with Crippen LogP contribution in [0.15, 0.2) is 41.3 Å². The van der Waals surface area contributed by atoms with Crippen LogP contribution in [-0.2, 0) is 9.84 Å². The minimum absolute atomic E-state index is 0.114. The number of nitrogens with zero attached hydrogens (tertiary/aromatic N) is 1. The monoisotopic (exact) mass is 388 g/mol. The molecule has 0 fully saturated rings. The minimum atomic E-state index is -3.54. The van der Waals surface area contributed by atoms with Crippen molar-refractivity contribution in [3.05, 3.63) is 62.1 Å². The molecule has 9 heteroatoms. The summed E-state index contributed by atoms with van der Waals surface area (Å²) in [7, 11) is -3.54. The number of hydrogen-bond donors (Lipinski definition) is 1. The minimum Gasteiger partial charge on any atom is -0.373 e. The molecule has 0 aliphatic rings. The zero-order chi connectivity index (χ0) is 18.1. The van der Waals surface area contributed by atoms with Gasteiger partial charge >= 0.3 is 0 Å². The molecule has 0 spiro atoms. The molecule has 0 aliphatic carbocycles. The molecule has 128 valence electrons. The lowest BCUT2D eigenvalue weighted by Crippen LogP contribution is -2.09. The number of benzene rings is 2. The van der Waals surface area contributed by atoms with Gasteiger partial charge in [0.05, 0.1) is 15.9 Å². The fraction of sp³-hybridized carbons (Fsp3) is 0.200. The van der Waals surface area contributed by atoms with Crippen LogP contribution in [0, 0.1) is 10.1 Å². The Morgan fingerprint density at radius 1 is 1.17 bits per heavy atom. The van der Waals surface area contributed by atoms with Gasteiger partial charge in [-0.1, -0.05) is 29.3 Å². The first-order chi connectivity index (χ1) is 11.1. The van der Waals surface area contributed by atoms with Crippen LogP contribution < -0.4 is 5.32 Å². The molecule has 2 aromatic rings. The summed E-state index contributed by atoms with van der Waals surface area (Å²) in [6.07, 6.45) is 0.995. The first-order valence-electron chi connectivity index (χ1n) is 6.79. The average molecular weight is 389 g/mol. The van der Waals surface area contributed by atoms with Crippen molar-refractivity contribution in [1.29, 1.82) is 0 Å². The van der Waals surface area contributed by atoms with Crippen LogP contribution in [0.4, 0.5) is 11.4 Å². The van der Waals surface area contributed by atoms with Gasteiger partial charge in [-0.2, -0.15) is 0 Å². The van der Waals surface area contributed by atoms with Crippen LogP contribution in [0.3, 0.4) is 0 Å². The molecule has 0 amide bonds. The lowest BCUT2D eigenvalue weighted by molar-refractivity contribution is -0.384. The van der Waals surface area contributed by atoms with Gasteiger partial charge in [0, 0.05) is 22.4 Å². The van der Waals surface area contributed by atoms with E-state index in [2.05, 4.69) is 5.32 Å². The highest BCUT2D eigenvalue weighted by molar-refractivity contribution is 7.90. The van der Waals surface area contributed by atoms with Gasteiger partial charge in [-0.25, -0.2) is 8.42 Å². The van der Waals surface area contributed by atoms with Crippen LogP contribution in [0.25, 0.3) is 0 Å². The van der Waals surface area contributed by atoms with Crippen LogP contribution in [0.2, 0.25) is 10.0 Å². The highest BCUT2D eigenvalue weighted by Crippen LogP contribution is 2.33. The van der Waals surface area contributed by atoms with Crippen LogP contribution >= 0.6 is 23.2 Å². The van der Waals surface area contributed by atoms with Gasteiger partial charge in [-0.15, -0.1) is 0 Å². The Morgan fingerprint density at radius 3 is 2.38 bits per heavy atom. The second kappa shape index (κ2) is 6.96. The maximum absolute atomic E-state index is 11.6. The van der Waals surface area contributed by atoms with E-state index < -0.39 is 14.8 Å². The molecular weight excluding hydrogens is 375 g/mol. The lowest BCUT2D eigenvalue weighted by atomic mass is 10.1. The lowest BCUT2D eigenvalue weighted by Gasteiger charge is -2.17. The highest BCUT2D eigenvalue weighted by Gasteiger charge is 2.20. The topological polar surface area (TPSA) is 89.3 Å². The number of nitrogens with one attached hydrogen (secondary N) is 1. The molecule has 2 rings (SSSR count). The summed E-state index contributed by atoms with van der Waals surface area (Å²) >= 11 is 12.0. The van der Waals surface area contributed by atoms with Crippen molar-refractivity contribution < 1.29 is 13.3 Å². The van der Waals surface area contributed by atoms with E-state index in [9.17, 15) is 18.5 Å². The molecule has 2 aromatic carbocycles. The first kappa shape index (κ1) is 18.5. The van der Waals surface area contributed by atoms with Crippen molar-refractivity contribution in [2.24, 2.45) is 0 Å². The van der Waals surface area contributed by atoms with E-state index in [1.807, 2.05) is 0 Å². The van der Waals surface area contributed by atoms with Crippen LogP contribution in [-0.4, -0.2) is 19.6 Å². The number of anilines is 1. The highest BCUT2D eigenvalue weighted by atomic mass is 35.5. The van der Waals surface area contributed by atoms with Crippen LogP contribution in [0.5, 0.6) is 0 Å². The molecule has 0 bridgehead atoms. The van der Waals surface area contributed by atoms with E-state index in [1.165, 1.54) is 12.1 Å². The zero-order valence-corrected chi connectivity index (χ0v) is 15.1. The molecule has 0 heterocycles. The summed E-state index contributed by atoms with van der Waals surface area (Å²) in [5.74, 6) is 0. The Hall–Kier alpha value is -1.83. The second-order valence-electron chi connectivity index (χ2n) is 5.24. The maximum Gasteiger partial charge on any atom is 0.293 e. The standard InChI is InChI=1S/C15H14Cl2N2O4S/c1-9(12-5-3-10(16)7-13(12)17)18-14-6-4-11(24(2,22)23)8-15(14)19(20)21/h3-9,18H,1-2H3/t9-/m1/s1.